The van der Waals surface area contributed by atoms with E-state index in [2.05, 4.69) is 53.9 Å². The number of aromatic nitrogens is 1. The van der Waals surface area contributed by atoms with Crippen molar-refractivity contribution in [3.8, 4) is 0 Å². The molecule has 1 N–H and O–H groups in total. The molecular weight excluding hydrogens is 300 g/mol. The summed E-state index contributed by atoms with van der Waals surface area (Å²) in [7, 11) is 0. The molecule has 0 radical (unpaired) electrons. The highest BCUT2D eigenvalue weighted by atomic mass is 32.2. The van der Waals surface area contributed by atoms with Gasteiger partial charge < -0.3 is 4.98 Å². The van der Waals surface area contributed by atoms with Crippen LogP contribution in [-0.4, -0.2) is 41.0 Å². The molecule has 0 saturated carbocycles. The fourth-order valence-corrected chi connectivity index (χ4v) is 5.61. The standard InChI is InChI=1S/C20H26N2S/c1-4-8-22-11-14(12-23-3)9-17-15-6-5-7-18-20(15)16(10-19(17)22)13(2)21-18/h4-7,14,17,19,21H,1,8-12H2,2-3H3/t14-,17-,19-/m1/s1. The van der Waals surface area contributed by atoms with Crippen molar-refractivity contribution in [2.75, 3.05) is 25.1 Å². The Bertz CT molecular complexity index is 733. The maximum Gasteiger partial charge on any atom is 0.0461 e. The second-order valence-electron chi connectivity index (χ2n) is 7.18. The molecule has 0 amide bonds. The quantitative estimate of drug-likeness (QED) is 0.842. The maximum absolute atomic E-state index is 4.00. The van der Waals surface area contributed by atoms with Gasteiger partial charge in [-0.15, -0.1) is 6.58 Å². The van der Waals surface area contributed by atoms with Crippen molar-refractivity contribution in [2.45, 2.75) is 31.7 Å². The highest BCUT2D eigenvalue weighted by Gasteiger charge is 2.40. The molecule has 1 aliphatic carbocycles. The summed E-state index contributed by atoms with van der Waals surface area (Å²) >= 11 is 1.99. The fraction of sp³-hybridized carbons (Fsp3) is 0.500. The Morgan fingerprint density at radius 2 is 2.30 bits per heavy atom. The Balaban J connectivity index is 1.80. The van der Waals surface area contributed by atoms with E-state index in [-0.39, 0.29) is 0 Å². The Kier molecular flexibility index (Phi) is 4.02. The van der Waals surface area contributed by atoms with Gasteiger partial charge in [-0.05, 0) is 54.9 Å². The summed E-state index contributed by atoms with van der Waals surface area (Å²) in [5.74, 6) is 2.74. The lowest BCUT2D eigenvalue weighted by molar-refractivity contribution is 0.105. The minimum absolute atomic E-state index is 0.638. The van der Waals surface area contributed by atoms with E-state index in [0.29, 0.717) is 12.0 Å². The average molecular weight is 327 g/mol. The summed E-state index contributed by atoms with van der Waals surface area (Å²) in [6.45, 7) is 8.47. The average Bonchev–Trinajstić information content (AvgIpc) is 2.86. The molecule has 3 heteroatoms. The molecule has 122 valence electrons. The zero-order valence-electron chi connectivity index (χ0n) is 14.1. The number of H-pyrrole nitrogens is 1. The number of nitrogens with one attached hydrogen (secondary N) is 1. The SMILES string of the molecule is C=CCN1C[C@H](CSC)C[C@@H]2c3cccc4[nH]c(C)c(c34)C[C@H]21. The van der Waals surface area contributed by atoms with E-state index in [9.17, 15) is 0 Å². The van der Waals surface area contributed by atoms with Gasteiger partial charge in [0.25, 0.3) is 0 Å². The van der Waals surface area contributed by atoms with E-state index in [1.807, 2.05) is 11.8 Å². The highest BCUT2D eigenvalue weighted by molar-refractivity contribution is 7.98. The van der Waals surface area contributed by atoms with Gasteiger partial charge in [0.15, 0.2) is 0 Å². The number of hydrogen-bond donors (Lipinski definition) is 1. The van der Waals surface area contributed by atoms with Crippen molar-refractivity contribution in [3.05, 3.63) is 47.7 Å². The number of nitrogens with zero attached hydrogens (tertiary/aromatic N) is 1. The van der Waals surface area contributed by atoms with Gasteiger partial charge in [0.05, 0.1) is 0 Å². The first-order chi connectivity index (χ1) is 11.2. The third-order valence-corrected chi connectivity index (χ3v) is 6.57. The van der Waals surface area contributed by atoms with Crippen LogP contribution in [0.5, 0.6) is 0 Å². The zero-order chi connectivity index (χ0) is 16.0. The third kappa shape index (κ3) is 2.45. The number of aryl methyl sites for hydroxylation is 1. The smallest absolute Gasteiger partial charge is 0.0461 e. The molecule has 1 saturated heterocycles. The lowest BCUT2D eigenvalue weighted by Gasteiger charge is -2.47. The summed E-state index contributed by atoms with van der Waals surface area (Å²) in [4.78, 5) is 6.30. The van der Waals surface area contributed by atoms with Crippen LogP contribution in [0.2, 0.25) is 0 Å². The first-order valence-corrected chi connectivity index (χ1v) is 10.1. The van der Waals surface area contributed by atoms with E-state index in [4.69, 9.17) is 0 Å². The molecule has 4 rings (SSSR count). The van der Waals surface area contributed by atoms with Crippen LogP contribution in [-0.2, 0) is 6.42 Å². The molecule has 2 heterocycles. The van der Waals surface area contributed by atoms with Gasteiger partial charge in [0.1, 0.15) is 0 Å². The summed E-state index contributed by atoms with van der Waals surface area (Å²) in [5, 5.41) is 1.52. The van der Waals surface area contributed by atoms with Gasteiger partial charge in [-0.1, -0.05) is 18.2 Å². The predicted molar refractivity (Wildman–Crippen MR) is 102 cm³/mol. The number of likely N-dealkylation sites (tertiary alicyclic amines) is 1. The molecule has 0 spiro atoms. The van der Waals surface area contributed by atoms with Gasteiger partial charge >= 0.3 is 0 Å². The molecule has 2 aromatic rings. The Morgan fingerprint density at radius 1 is 1.43 bits per heavy atom. The molecule has 2 aliphatic rings. The first kappa shape index (κ1) is 15.3. The van der Waals surface area contributed by atoms with Crippen molar-refractivity contribution < 1.29 is 0 Å². The Hall–Kier alpha value is -1.19. The van der Waals surface area contributed by atoms with Gasteiger partial charge in [0.2, 0.25) is 0 Å². The molecule has 1 aliphatic heterocycles. The van der Waals surface area contributed by atoms with Crippen LogP contribution in [0, 0.1) is 12.8 Å². The van der Waals surface area contributed by atoms with E-state index < -0.39 is 0 Å². The summed E-state index contributed by atoms with van der Waals surface area (Å²) in [6, 6.07) is 7.48. The minimum atomic E-state index is 0.638. The van der Waals surface area contributed by atoms with Crippen LogP contribution in [0.4, 0.5) is 0 Å². The monoisotopic (exact) mass is 326 g/mol. The summed E-state index contributed by atoms with van der Waals surface area (Å²) in [6.07, 6.45) is 6.84. The number of benzene rings is 1. The Morgan fingerprint density at radius 3 is 3.09 bits per heavy atom. The Labute approximate surface area is 143 Å². The molecule has 2 nitrogen and oxygen atoms in total. The highest BCUT2D eigenvalue weighted by Crippen LogP contribution is 2.45. The lowest BCUT2D eigenvalue weighted by atomic mass is 9.72. The number of aromatic amines is 1. The van der Waals surface area contributed by atoms with Gasteiger partial charge in [-0.2, -0.15) is 11.8 Å². The van der Waals surface area contributed by atoms with Gasteiger partial charge in [0, 0.05) is 41.6 Å². The number of piperidine rings is 1. The van der Waals surface area contributed by atoms with Gasteiger partial charge in [-0.3, -0.25) is 4.90 Å². The number of rotatable bonds is 4. The van der Waals surface area contributed by atoms with Crippen molar-refractivity contribution in [3.63, 3.8) is 0 Å². The molecular formula is C20H26N2S. The molecule has 0 bridgehead atoms. The van der Waals surface area contributed by atoms with Crippen LogP contribution in [0.3, 0.4) is 0 Å². The predicted octanol–water partition coefficient (Wildman–Crippen LogP) is 4.36. The van der Waals surface area contributed by atoms with Crippen molar-refractivity contribution in [1.29, 1.82) is 0 Å². The normalized spacial score (nSPS) is 27.1. The second-order valence-corrected chi connectivity index (χ2v) is 8.09. The fourth-order valence-electron chi connectivity index (χ4n) is 4.90. The molecule has 0 unspecified atom stereocenters. The lowest BCUT2D eigenvalue weighted by Crippen LogP contribution is -2.50. The van der Waals surface area contributed by atoms with Crippen LogP contribution in [0.1, 0.15) is 29.2 Å². The van der Waals surface area contributed by atoms with Crippen molar-refractivity contribution in [2.24, 2.45) is 5.92 Å². The summed E-state index contributed by atoms with van der Waals surface area (Å²) in [5.41, 5.74) is 5.82. The molecule has 1 aromatic heterocycles. The number of thioether (sulfide) groups is 1. The molecule has 3 atom stereocenters. The largest absolute Gasteiger partial charge is 0.358 e. The second kappa shape index (κ2) is 6.03. The molecule has 1 fully saturated rings. The van der Waals surface area contributed by atoms with E-state index in [0.717, 1.165) is 12.5 Å². The van der Waals surface area contributed by atoms with Gasteiger partial charge in [-0.25, -0.2) is 0 Å². The van der Waals surface area contributed by atoms with Crippen LogP contribution in [0.15, 0.2) is 30.9 Å². The van der Waals surface area contributed by atoms with Crippen LogP contribution < -0.4 is 0 Å². The van der Waals surface area contributed by atoms with Crippen LogP contribution in [0.25, 0.3) is 10.9 Å². The van der Waals surface area contributed by atoms with Crippen molar-refractivity contribution >= 4 is 22.7 Å². The van der Waals surface area contributed by atoms with E-state index in [1.54, 1.807) is 11.1 Å². The third-order valence-electron chi connectivity index (χ3n) is 5.77. The first-order valence-electron chi connectivity index (χ1n) is 8.66. The van der Waals surface area contributed by atoms with E-state index >= 15 is 0 Å². The van der Waals surface area contributed by atoms with E-state index in [1.165, 1.54) is 41.7 Å². The van der Waals surface area contributed by atoms with Crippen molar-refractivity contribution in [1.82, 2.24) is 9.88 Å². The molecule has 23 heavy (non-hydrogen) atoms. The number of hydrogen-bond acceptors (Lipinski definition) is 2. The minimum Gasteiger partial charge on any atom is -0.358 e. The summed E-state index contributed by atoms with van der Waals surface area (Å²) < 4.78 is 0. The number of fused-ring (bicyclic) bond motifs is 2. The topological polar surface area (TPSA) is 19.0 Å². The zero-order valence-corrected chi connectivity index (χ0v) is 15.0. The maximum atomic E-state index is 4.00. The van der Waals surface area contributed by atoms with Crippen LogP contribution >= 0.6 is 11.8 Å². The molecule has 1 aromatic carbocycles.